The second kappa shape index (κ2) is 6.79. The van der Waals surface area contributed by atoms with Crippen molar-refractivity contribution in [2.45, 2.75) is 4.90 Å². The van der Waals surface area contributed by atoms with Crippen LogP contribution in [0.4, 0.5) is 15.8 Å². The lowest BCUT2D eigenvalue weighted by Gasteiger charge is -2.32. The highest BCUT2D eigenvalue weighted by Gasteiger charge is 2.37. The van der Waals surface area contributed by atoms with E-state index < -0.39 is 21.6 Å². The molecule has 140 valence electrons. The fourth-order valence-corrected chi connectivity index (χ4v) is 4.71. The van der Waals surface area contributed by atoms with Crippen molar-refractivity contribution in [3.63, 3.8) is 0 Å². The maximum atomic E-state index is 13.3. The zero-order valence-corrected chi connectivity index (χ0v) is 15.2. The van der Waals surface area contributed by atoms with Gasteiger partial charge in [-0.1, -0.05) is 12.1 Å². The van der Waals surface area contributed by atoms with Gasteiger partial charge in [0.15, 0.2) is 4.91 Å². The number of anilines is 2. The molecule has 0 bridgehead atoms. The zero-order chi connectivity index (χ0) is 19.0. The molecule has 2 heterocycles. The summed E-state index contributed by atoms with van der Waals surface area (Å²) in [6.45, 7) is 1.42. The first kappa shape index (κ1) is 17.7. The van der Waals surface area contributed by atoms with Crippen LogP contribution in [0.1, 0.15) is 0 Å². The van der Waals surface area contributed by atoms with E-state index in [9.17, 15) is 17.6 Å². The average Bonchev–Trinajstić information content (AvgIpc) is 2.69. The van der Waals surface area contributed by atoms with E-state index in [0.29, 0.717) is 37.7 Å². The van der Waals surface area contributed by atoms with Crippen molar-refractivity contribution in [2.24, 2.45) is 0 Å². The van der Waals surface area contributed by atoms with Gasteiger partial charge in [-0.25, -0.2) is 12.8 Å². The SMILES string of the molecule is O=C(C1=CN(c2ccc(F)cc2)c2ccccc2S1(=O)=O)N1CCOCC1. The zero-order valence-electron chi connectivity index (χ0n) is 14.3. The lowest BCUT2D eigenvalue weighted by molar-refractivity contribution is -0.130. The number of sulfone groups is 1. The molecule has 2 aliphatic heterocycles. The molecule has 0 N–H and O–H groups in total. The number of fused-ring (bicyclic) bond motifs is 1. The third-order valence-electron chi connectivity index (χ3n) is 4.56. The summed E-state index contributed by atoms with van der Waals surface area (Å²) in [5, 5.41) is 0. The maximum absolute atomic E-state index is 13.3. The number of rotatable bonds is 2. The fourth-order valence-electron chi connectivity index (χ4n) is 3.17. The molecular weight excluding hydrogens is 371 g/mol. The predicted octanol–water partition coefficient (Wildman–Crippen LogP) is 2.45. The predicted molar refractivity (Wildman–Crippen MR) is 97.6 cm³/mol. The van der Waals surface area contributed by atoms with Gasteiger partial charge in [0.25, 0.3) is 5.91 Å². The normalized spacial score (nSPS) is 18.6. The van der Waals surface area contributed by atoms with Crippen LogP contribution < -0.4 is 4.90 Å². The van der Waals surface area contributed by atoms with Crippen LogP contribution in [0.5, 0.6) is 0 Å². The minimum absolute atomic E-state index is 0.0495. The van der Waals surface area contributed by atoms with E-state index in [4.69, 9.17) is 4.74 Å². The number of benzene rings is 2. The van der Waals surface area contributed by atoms with Crippen LogP contribution in [0.25, 0.3) is 0 Å². The molecule has 0 saturated carbocycles. The first-order valence-electron chi connectivity index (χ1n) is 8.46. The first-order valence-corrected chi connectivity index (χ1v) is 9.94. The summed E-state index contributed by atoms with van der Waals surface area (Å²) < 4.78 is 44.7. The van der Waals surface area contributed by atoms with Gasteiger partial charge in [0.1, 0.15) is 5.82 Å². The molecule has 0 atom stereocenters. The summed E-state index contributed by atoms with van der Waals surface area (Å²) in [7, 11) is -3.97. The number of nitrogens with zero attached hydrogens (tertiary/aromatic N) is 2. The highest BCUT2D eigenvalue weighted by Crippen LogP contribution is 2.39. The standard InChI is InChI=1S/C19H17FN2O4S/c20-14-5-7-15(8-6-14)22-13-18(19(23)21-9-11-26-12-10-21)27(24,25)17-4-2-1-3-16(17)22/h1-8,13H,9-12H2. The number of ether oxygens (including phenoxy) is 1. The summed E-state index contributed by atoms with van der Waals surface area (Å²) >= 11 is 0. The van der Waals surface area contributed by atoms with Crippen molar-refractivity contribution in [2.75, 3.05) is 31.2 Å². The second-order valence-electron chi connectivity index (χ2n) is 6.22. The van der Waals surface area contributed by atoms with Gasteiger partial charge in [-0.05, 0) is 36.4 Å². The molecule has 8 heteroatoms. The first-order chi connectivity index (χ1) is 13.0. The van der Waals surface area contributed by atoms with Crippen LogP contribution in [-0.2, 0) is 19.4 Å². The summed E-state index contributed by atoms with van der Waals surface area (Å²) in [6.07, 6.45) is 1.32. The van der Waals surface area contributed by atoms with Crippen LogP contribution >= 0.6 is 0 Å². The lowest BCUT2D eigenvalue weighted by atomic mass is 10.2. The number of amides is 1. The third-order valence-corrected chi connectivity index (χ3v) is 6.35. The molecule has 0 aliphatic carbocycles. The highest BCUT2D eigenvalue weighted by molar-refractivity contribution is 7.96. The minimum atomic E-state index is -3.97. The molecule has 4 rings (SSSR count). The molecular formula is C19H17FN2O4S. The third kappa shape index (κ3) is 3.11. The Kier molecular flexibility index (Phi) is 4.45. The van der Waals surface area contributed by atoms with Crippen LogP contribution in [0, 0.1) is 5.82 Å². The van der Waals surface area contributed by atoms with Gasteiger partial charge in [0.05, 0.1) is 23.8 Å². The van der Waals surface area contributed by atoms with Gasteiger partial charge in [-0.15, -0.1) is 0 Å². The Labute approximate surface area is 156 Å². The molecule has 0 unspecified atom stereocenters. The van der Waals surface area contributed by atoms with Crippen molar-refractivity contribution in [3.05, 3.63) is 65.5 Å². The Morgan fingerprint density at radius 1 is 1.00 bits per heavy atom. The summed E-state index contributed by atoms with van der Waals surface area (Å²) in [6, 6.07) is 12.1. The number of hydrogen-bond acceptors (Lipinski definition) is 5. The van der Waals surface area contributed by atoms with Gasteiger partial charge in [0, 0.05) is 25.0 Å². The van der Waals surface area contributed by atoms with E-state index in [1.807, 2.05) is 0 Å². The molecule has 0 spiro atoms. The van der Waals surface area contributed by atoms with Crippen molar-refractivity contribution < 1.29 is 22.3 Å². The Morgan fingerprint density at radius 3 is 2.37 bits per heavy atom. The van der Waals surface area contributed by atoms with E-state index in [0.717, 1.165) is 0 Å². The molecule has 6 nitrogen and oxygen atoms in total. The molecule has 1 saturated heterocycles. The van der Waals surface area contributed by atoms with E-state index >= 15 is 0 Å². The van der Waals surface area contributed by atoms with E-state index in [1.165, 1.54) is 41.4 Å². The average molecular weight is 388 g/mol. The number of hydrogen-bond donors (Lipinski definition) is 0. The maximum Gasteiger partial charge on any atom is 0.267 e. The Morgan fingerprint density at radius 2 is 1.67 bits per heavy atom. The van der Waals surface area contributed by atoms with Crippen LogP contribution in [0.3, 0.4) is 0 Å². The molecule has 2 aromatic rings. The van der Waals surface area contributed by atoms with Crippen LogP contribution in [0.15, 0.2) is 64.5 Å². The molecule has 2 aliphatic rings. The van der Waals surface area contributed by atoms with Gasteiger partial charge >= 0.3 is 0 Å². The molecule has 0 radical (unpaired) electrons. The molecule has 27 heavy (non-hydrogen) atoms. The van der Waals surface area contributed by atoms with Crippen LogP contribution in [-0.4, -0.2) is 45.5 Å². The smallest absolute Gasteiger partial charge is 0.267 e. The van der Waals surface area contributed by atoms with Crippen molar-refractivity contribution in [3.8, 4) is 0 Å². The highest BCUT2D eigenvalue weighted by atomic mass is 32.2. The van der Waals surface area contributed by atoms with Gasteiger partial charge in [0.2, 0.25) is 9.84 Å². The fraction of sp³-hybridized carbons (Fsp3) is 0.211. The largest absolute Gasteiger partial charge is 0.378 e. The quantitative estimate of drug-likeness (QED) is 0.791. The minimum Gasteiger partial charge on any atom is -0.378 e. The van der Waals surface area contributed by atoms with Gasteiger partial charge < -0.3 is 14.5 Å². The Hall–Kier alpha value is -2.71. The number of halogens is 1. The monoisotopic (exact) mass is 388 g/mol. The Bertz CT molecular complexity index is 1010. The molecule has 2 aromatic carbocycles. The number of para-hydroxylation sites is 1. The summed E-state index contributed by atoms with van der Waals surface area (Å²) in [5.74, 6) is -0.954. The second-order valence-corrected chi connectivity index (χ2v) is 8.10. The molecule has 1 amide bonds. The lowest BCUT2D eigenvalue weighted by Crippen LogP contribution is -2.43. The topological polar surface area (TPSA) is 66.9 Å². The number of carbonyl (C=O) groups excluding carboxylic acids is 1. The van der Waals surface area contributed by atoms with Crippen LogP contribution in [0.2, 0.25) is 0 Å². The van der Waals surface area contributed by atoms with Gasteiger partial charge in [-0.2, -0.15) is 0 Å². The van der Waals surface area contributed by atoms with Crippen molar-refractivity contribution in [1.82, 2.24) is 4.90 Å². The number of morpholine rings is 1. The van der Waals surface area contributed by atoms with E-state index in [1.54, 1.807) is 23.1 Å². The summed E-state index contributed by atoms with van der Waals surface area (Å²) in [5.41, 5.74) is 0.980. The number of carbonyl (C=O) groups is 1. The molecule has 0 aromatic heterocycles. The summed E-state index contributed by atoms with van der Waals surface area (Å²) in [4.78, 5) is 15.8. The van der Waals surface area contributed by atoms with Crippen molar-refractivity contribution >= 4 is 27.1 Å². The Balaban J connectivity index is 1.84. The van der Waals surface area contributed by atoms with E-state index in [-0.39, 0.29) is 9.80 Å². The van der Waals surface area contributed by atoms with E-state index in [2.05, 4.69) is 0 Å². The molecule has 1 fully saturated rings. The van der Waals surface area contributed by atoms with Crippen molar-refractivity contribution in [1.29, 1.82) is 0 Å². The van der Waals surface area contributed by atoms with Gasteiger partial charge in [-0.3, -0.25) is 4.79 Å².